The topological polar surface area (TPSA) is 143 Å². The van der Waals surface area contributed by atoms with Crippen LogP contribution < -0.4 is 16.0 Å². The van der Waals surface area contributed by atoms with E-state index >= 15 is 0 Å². The number of ether oxygens (including phenoxy) is 2. The average Bonchev–Trinajstić information content (AvgIpc) is 2.73. The molecule has 3 amide bonds. The van der Waals surface area contributed by atoms with Gasteiger partial charge < -0.3 is 30.5 Å². The molecule has 0 saturated heterocycles. The molecular formula is C24H37N3O7. The molecule has 0 aliphatic heterocycles. The fourth-order valence-corrected chi connectivity index (χ4v) is 2.92. The molecule has 34 heavy (non-hydrogen) atoms. The van der Waals surface area contributed by atoms with Gasteiger partial charge in [-0.1, -0.05) is 44.2 Å². The molecule has 0 spiro atoms. The molecule has 0 radical (unpaired) electrons. The zero-order chi connectivity index (χ0) is 25.7. The van der Waals surface area contributed by atoms with Crippen LogP contribution >= 0.6 is 0 Å². The van der Waals surface area contributed by atoms with E-state index in [1.54, 1.807) is 34.6 Å². The number of amides is 3. The van der Waals surface area contributed by atoms with E-state index in [4.69, 9.17) is 9.47 Å². The quantitative estimate of drug-likeness (QED) is 0.337. The summed E-state index contributed by atoms with van der Waals surface area (Å²) in [6, 6.07) is 7.22. The standard InChI is InChI=1S/C24H37N3O7/c1-16(2)19(21(29)30)27-20(28)18(26-23(32)34-24(3,4)5)13-9-10-14-25-22(31)33-15-17-11-7-6-8-12-17/h6-8,11-12,16,18-19H,9-10,13-15H2,1-5H3,(H,25,31)(H,26,32)(H,27,28)(H,29,30)/t18-,19-/m0/s1. The van der Waals surface area contributed by atoms with Gasteiger partial charge in [-0.25, -0.2) is 14.4 Å². The van der Waals surface area contributed by atoms with E-state index in [1.807, 2.05) is 30.3 Å². The van der Waals surface area contributed by atoms with E-state index in [1.165, 1.54) is 0 Å². The number of alkyl carbamates (subject to hydrolysis) is 2. The highest BCUT2D eigenvalue weighted by atomic mass is 16.6. The number of aliphatic carboxylic acids is 1. The third-order valence-electron chi connectivity index (χ3n) is 4.64. The molecule has 1 aromatic carbocycles. The number of benzene rings is 1. The number of carboxylic acids is 1. The highest BCUT2D eigenvalue weighted by Crippen LogP contribution is 2.10. The van der Waals surface area contributed by atoms with Crippen molar-refractivity contribution in [1.29, 1.82) is 0 Å². The van der Waals surface area contributed by atoms with Gasteiger partial charge in [-0.05, 0) is 51.5 Å². The molecule has 2 atom stereocenters. The second-order valence-corrected chi connectivity index (χ2v) is 9.25. The molecule has 10 nitrogen and oxygen atoms in total. The fraction of sp³-hybridized carbons (Fsp3) is 0.583. The van der Waals surface area contributed by atoms with Gasteiger partial charge >= 0.3 is 18.2 Å². The van der Waals surface area contributed by atoms with Gasteiger partial charge in [-0.3, -0.25) is 4.79 Å². The summed E-state index contributed by atoms with van der Waals surface area (Å²) in [4.78, 5) is 48.2. The van der Waals surface area contributed by atoms with Gasteiger partial charge in [-0.15, -0.1) is 0 Å². The Bertz CT molecular complexity index is 807. The minimum Gasteiger partial charge on any atom is -0.480 e. The number of hydrogen-bond donors (Lipinski definition) is 4. The lowest BCUT2D eigenvalue weighted by molar-refractivity contribution is -0.143. The number of carboxylic acid groups (broad SMARTS) is 1. The molecule has 0 fully saturated rings. The number of carbonyl (C=O) groups excluding carboxylic acids is 3. The van der Waals surface area contributed by atoms with Crippen LogP contribution in [0, 0.1) is 5.92 Å². The highest BCUT2D eigenvalue weighted by Gasteiger charge is 2.29. The molecule has 0 aliphatic carbocycles. The predicted molar refractivity (Wildman–Crippen MR) is 126 cm³/mol. The molecule has 0 aromatic heterocycles. The SMILES string of the molecule is CC(C)[C@H](NC(=O)[C@H](CCCCNC(=O)OCc1ccccc1)NC(=O)OC(C)(C)C)C(=O)O. The lowest BCUT2D eigenvalue weighted by Gasteiger charge is -2.25. The smallest absolute Gasteiger partial charge is 0.408 e. The van der Waals surface area contributed by atoms with Gasteiger partial charge in [0, 0.05) is 6.54 Å². The first-order chi connectivity index (χ1) is 15.9. The lowest BCUT2D eigenvalue weighted by Crippen LogP contribution is -2.53. The monoisotopic (exact) mass is 479 g/mol. The zero-order valence-electron chi connectivity index (χ0n) is 20.6. The molecule has 0 bridgehead atoms. The molecule has 10 heteroatoms. The molecular weight excluding hydrogens is 442 g/mol. The zero-order valence-corrected chi connectivity index (χ0v) is 20.6. The first-order valence-corrected chi connectivity index (χ1v) is 11.4. The van der Waals surface area contributed by atoms with Crippen LogP contribution in [0.1, 0.15) is 59.4 Å². The molecule has 0 heterocycles. The van der Waals surface area contributed by atoms with Crippen molar-refractivity contribution >= 4 is 24.1 Å². The van der Waals surface area contributed by atoms with E-state index in [9.17, 15) is 24.3 Å². The highest BCUT2D eigenvalue weighted by molar-refractivity contribution is 5.89. The van der Waals surface area contributed by atoms with Gasteiger partial charge in [0.15, 0.2) is 0 Å². The van der Waals surface area contributed by atoms with Crippen molar-refractivity contribution in [2.75, 3.05) is 6.54 Å². The van der Waals surface area contributed by atoms with Crippen molar-refractivity contribution in [2.45, 2.75) is 78.2 Å². The fourth-order valence-electron chi connectivity index (χ4n) is 2.92. The molecule has 190 valence electrons. The third kappa shape index (κ3) is 12.1. The first kappa shape index (κ1) is 28.7. The Morgan fingerprint density at radius 2 is 1.62 bits per heavy atom. The second-order valence-electron chi connectivity index (χ2n) is 9.25. The minimum absolute atomic E-state index is 0.162. The van der Waals surface area contributed by atoms with Gasteiger partial charge in [0.1, 0.15) is 24.3 Å². The Kier molecular flexibility index (Phi) is 11.9. The van der Waals surface area contributed by atoms with Gasteiger partial charge in [0.2, 0.25) is 5.91 Å². The van der Waals surface area contributed by atoms with Crippen LogP contribution in [-0.2, 0) is 25.7 Å². The van der Waals surface area contributed by atoms with E-state index < -0.39 is 41.7 Å². The molecule has 0 saturated carbocycles. The second kappa shape index (κ2) is 14.1. The van der Waals surface area contributed by atoms with Crippen molar-refractivity contribution in [3.63, 3.8) is 0 Å². The van der Waals surface area contributed by atoms with Crippen molar-refractivity contribution < 1.29 is 33.8 Å². The predicted octanol–water partition coefficient (Wildman–Crippen LogP) is 3.20. The molecule has 0 aliphatic rings. The Hall–Kier alpha value is -3.30. The van der Waals surface area contributed by atoms with Gasteiger partial charge in [0.05, 0.1) is 0 Å². The average molecular weight is 480 g/mol. The number of unbranched alkanes of at least 4 members (excludes halogenated alkanes) is 1. The summed E-state index contributed by atoms with van der Waals surface area (Å²) in [5, 5.41) is 17.0. The van der Waals surface area contributed by atoms with Crippen LogP contribution in [0.4, 0.5) is 9.59 Å². The summed E-state index contributed by atoms with van der Waals surface area (Å²) < 4.78 is 10.4. The Labute approximate surface area is 200 Å². The van der Waals surface area contributed by atoms with Crippen LogP contribution in [0.2, 0.25) is 0 Å². The summed E-state index contributed by atoms with van der Waals surface area (Å²) in [5.41, 5.74) is 0.122. The third-order valence-corrected chi connectivity index (χ3v) is 4.64. The minimum atomic E-state index is -1.16. The van der Waals surface area contributed by atoms with Crippen LogP contribution in [0.25, 0.3) is 0 Å². The summed E-state index contributed by atoms with van der Waals surface area (Å²) in [5.74, 6) is -2.10. The number of hydrogen-bond acceptors (Lipinski definition) is 6. The van der Waals surface area contributed by atoms with Crippen LogP contribution in [-0.4, -0.2) is 53.4 Å². The maximum absolute atomic E-state index is 12.7. The van der Waals surface area contributed by atoms with Crippen LogP contribution in [0.3, 0.4) is 0 Å². The van der Waals surface area contributed by atoms with Gasteiger partial charge in [-0.2, -0.15) is 0 Å². The summed E-state index contributed by atoms with van der Waals surface area (Å²) in [6.07, 6.45) is -0.0899. The van der Waals surface area contributed by atoms with E-state index in [-0.39, 0.29) is 18.9 Å². The number of nitrogens with one attached hydrogen (secondary N) is 3. The normalized spacial score (nSPS) is 12.9. The Balaban J connectivity index is 2.55. The maximum atomic E-state index is 12.7. The summed E-state index contributed by atoms with van der Waals surface area (Å²) in [6.45, 7) is 8.93. The largest absolute Gasteiger partial charge is 0.480 e. The van der Waals surface area contributed by atoms with E-state index in [0.717, 1.165) is 5.56 Å². The van der Waals surface area contributed by atoms with Crippen molar-refractivity contribution in [1.82, 2.24) is 16.0 Å². The van der Waals surface area contributed by atoms with Crippen molar-refractivity contribution in [2.24, 2.45) is 5.92 Å². The van der Waals surface area contributed by atoms with Crippen LogP contribution in [0.5, 0.6) is 0 Å². The molecule has 1 aromatic rings. The van der Waals surface area contributed by atoms with Crippen LogP contribution in [0.15, 0.2) is 30.3 Å². The Morgan fingerprint density at radius 3 is 2.18 bits per heavy atom. The van der Waals surface area contributed by atoms with Crippen molar-refractivity contribution in [3.8, 4) is 0 Å². The first-order valence-electron chi connectivity index (χ1n) is 11.4. The Morgan fingerprint density at radius 1 is 0.971 bits per heavy atom. The number of carbonyl (C=O) groups is 4. The van der Waals surface area contributed by atoms with E-state index in [0.29, 0.717) is 19.4 Å². The molecule has 4 N–H and O–H groups in total. The molecule has 0 unspecified atom stereocenters. The van der Waals surface area contributed by atoms with E-state index in [2.05, 4.69) is 16.0 Å². The summed E-state index contributed by atoms with van der Waals surface area (Å²) >= 11 is 0. The lowest BCUT2D eigenvalue weighted by atomic mass is 10.0. The van der Waals surface area contributed by atoms with Crippen molar-refractivity contribution in [3.05, 3.63) is 35.9 Å². The summed E-state index contributed by atoms with van der Waals surface area (Å²) in [7, 11) is 0. The number of rotatable bonds is 12. The molecule has 1 rings (SSSR count). The van der Waals surface area contributed by atoms with Gasteiger partial charge in [0.25, 0.3) is 0 Å². The maximum Gasteiger partial charge on any atom is 0.408 e.